The van der Waals surface area contributed by atoms with Crippen molar-refractivity contribution in [3.8, 4) is 0 Å². The number of carbonyl (C=O) groups is 2. The summed E-state index contributed by atoms with van der Waals surface area (Å²) in [6, 6.07) is 11.3. The van der Waals surface area contributed by atoms with Gasteiger partial charge in [-0.1, -0.05) is 12.1 Å². The molecule has 0 aliphatic carbocycles. The summed E-state index contributed by atoms with van der Waals surface area (Å²) in [5.41, 5.74) is 0.812. The lowest BCUT2D eigenvalue weighted by Crippen LogP contribution is -2.31. The molecule has 7 heteroatoms. The van der Waals surface area contributed by atoms with Gasteiger partial charge in [-0.15, -0.1) is 11.3 Å². The van der Waals surface area contributed by atoms with E-state index in [9.17, 15) is 19.1 Å². The Morgan fingerprint density at radius 3 is 2.59 bits per heavy atom. The minimum absolute atomic E-state index is 0.0297. The van der Waals surface area contributed by atoms with Crippen molar-refractivity contribution in [2.45, 2.75) is 6.04 Å². The maximum absolute atomic E-state index is 13.8. The van der Waals surface area contributed by atoms with E-state index in [1.807, 2.05) is 0 Å². The minimum atomic E-state index is -0.878. The number of carbonyl (C=O) groups excluding carboxylic acids is 2. The highest BCUT2D eigenvalue weighted by molar-refractivity contribution is 7.12. The van der Waals surface area contributed by atoms with Crippen LogP contribution in [0.2, 0.25) is 0 Å². The molecule has 0 saturated heterocycles. The number of ketones is 1. The van der Waals surface area contributed by atoms with Gasteiger partial charge in [-0.25, -0.2) is 4.39 Å². The largest absolute Gasteiger partial charge is 0.503 e. The van der Waals surface area contributed by atoms with Crippen LogP contribution in [0, 0.1) is 5.82 Å². The molecule has 1 aliphatic heterocycles. The molecule has 0 spiro atoms. The summed E-state index contributed by atoms with van der Waals surface area (Å²) in [5.74, 6) is -2.33. The van der Waals surface area contributed by atoms with Crippen LogP contribution in [-0.4, -0.2) is 21.8 Å². The Hall–Kier alpha value is -3.32. The van der Waals surface area contributed by atoms with Gasteiger partial charge in [0.15, 0.2) is 5.76 Å². The summed E-state index contributed by atoms with van der Waals surface area (Å²) in [4.78, 5) is 31.4. The third-order valence-corrected chi connectivity index (χ3v) is 5.17. The number of benzene rings is 1. The normalized spacial score (nSPS) is 16.9. The molecule has 134 valence electrons. The Balaban J connectivity index is 1.89. The number of anilines is 1. The second kappa shape index (κ2) is 6.77. The third-order valence-electron chi connectivity index (χ3n) is 4.31. The summed E-state index contributed by atoms with van der Waals surface area (Å²) in [5, 5.41) is 12.3. The third kappa shape index (κ3) is 2.92. The number of aliphatic hydroxyl groups is 1. The molecule has 2 aromatic heterocycles. The van der Waals surface area contributed by atoms with Gasteiger partial charge in [0.05, 0.1) is 16.5 Å². The van der Waals surface area contributed by atoms with Gasteiger partial charge in [-0.05, 0) is 47.3 Å². The van der Waals surface area contributed by atoms with Crippen molar-refractivity contribution in [1.82, 2.24) is 4.98 Å². The highest BCUT2D eigenvalue weighted by atomic mass is 32.1. The Morgan fingerprint density at radius 2 is 1.93 bits per heavy atom. The maximum atomic E-state index is 13.8. The van der Waals surface area contributed by atoms with E-state index in [-0.39, 0.29) is 11.3 Å². The van der Waals surface area contributed by atoms with Crippen molar-refractivity contribution in [2.75, 3.05) is 4.90 Å². The summed E-state index contributed by atoms with van der Waals surface area (Å²) in [6.07, 6.45) is 3.07. The lowest BCUT2D eigenvalue weighted by Gasteiger charge is -2.26. The number of pyridine rings is 1. The van der Waals surface area contributed by atoms with Gasteiger partial charge in [-0.2, -0.15) is 0 Å². The first-order valence-corrected chi connectivity index (χ1v) is 8.96. The van der Waals surface area contributed by atoms with Crippen LogP contribution in [0.4, 0.5) is 10.1 Å². The van der Waals surface area contributed by atoms with Crippen molar-refractivity contribution in [1.29, 1.82) is 0 Å². The SMILES string of the molecule is O=C(C1=C(O)C(=O)N(c2cccc(F)c2)C1c1ccncc1)c1cccs1. The van der Waals surface area contributed by atoms with Crippen molar-refractivity contribution < 1.29 is 19.1 Å². The molecule has 1 amide bonds. The fourth-order valence-electron chi connectivity index (χ4n) is 3.13. The monoisotopic (exact) mass is 380 g/mol. The Bertz CT molecular complexity index is 1050. The van der Waals surface area contributed by atoms with Crippen molar-refractivity contribution in [3.63, 3.8) is 0 Å². The number of aliphatic hydroxyl groups excluding tert-OH is 1. The minimum Gasteiger partial charge on any atom is -0.503 e. The first-order valence-electron chi connectivity index (χ1n) is 8.08. The fraction of sp³-hybridized carbons (Fsp3) is 0.0500. The highest BCUT2D eigenvalue weighted by Crippen LogP contribution is 2.42. The van der Waals surface area contributed by atoms with Gasteiger partial charge in [-0.3, -0.25) is 19.5 Å². The summed E-state index contributed by atoms with van der Waals surface area (Å²) < 4.78 is 13.8. The number of rotatable bonds is 4. The quantitative estimate of drug-likeness (QED) is 0.693. The predicted octanol–water partition coefficient (Wildman–Crippen LogP) is 4.07. The summed E-state index contributed by atoms with van der Waals surface area (Å²) in [6.45, 7) is 0. The summed E-state index contributed by atoms with van der Waals surface area (Å²) >= 11 is 1.22. The van der Waals surface area contributed by atoms with Crippen LogP contribution >= 0.6 is 11.3 Å². The zero-order chi connectivity index (χ0) is 19.0. The Kier molecular flexibility index (Phi) is 4.29. The number of nitrogens with zero attached hydrogens (tertiary/aromatic N) is 2. The van der Waals surface area contributed by atoms with Crippen molar-refractivity contribution in [2.24, 2.45) is 0 Å². The van der Waals surface area contributed by atoms with Gasteiger partial charge >= 0.3 is 0 Å². The second-order valence-corrected chi connectivity index (χ2v) is 6.85. The number of hydrogen-bond donors (Lipinski definition) is 1. The summed E-state index contributed by atoms with van der Waals surface area (Å²) in [7, 11) is 0. The van der Waals surface area contributed by atoms with Crippen LogP contribution in [0.5, 0.6) is 0 Å². The second-order valence-electron chi connectivity index (χ2n) is 5.91. The lowest BCUT2D eigenvalue weighted by molar-refractivity contribution is -0.117. The van der Waals surface area contributed by atoms with E-state index < -0.39 is 29.3 Å². The molecular weight excluding hydrogens is 367 g/mol. The zero-order valence-corrected chi connectivity index (χ0v) is 14.7. The Labute approximate surface area is 158 Å². The van der Waals surface area contributed by atoms with E-state index in [0.29, 0.717) is 10.4 Å². The molecule has 1 unspecified atom stereocenters. The molecule has 3 aromatic rings. The number of hydrogen-bond acceptors (Lipinski definition) is 5. The molecule has 1 aromatic carbocycles. The van der Waals surface area contributed by atoms with Gasteiger partial charge in [0.25, 0.3) is 5.91 Å². The zero-order valence-electron chi connectivity index (χ0n) is 13.9. The molecule has 4 rings (SSSR count). The average molecular weight is 380 g/mol. The first kappa shape index (κ1) is 17.1. The molecule has 0 fully saturated rings. The van der Waals surface area contributed by atoms with Gasteiger partial charge in [0, 0.05) is 18.1 Å². The lowest BCUT2D eigenvalue weighted by atomic mass is 9.96. The van der Waals surface area contributed by atoms with Crippen molar-refractivity contribution in [3.05, 3.63) is 93.9 Å². The van der Waals surface area contributed by atoms with Crippen molar-refractivity contribution >= 4 is 28.7 Å². The molecule has 0 radical (unpaired) electrons. The Morgan fingerprint density at radius 1 is 1.15 bits per heavy atom. The first-order chi connectivity index (χ1) is 13.1. The smallest absolute Gasteiger partial charge is 0.294 e. The molecule has 1 aliphatic rings. The molecule has 1 atom stereocenters. The standard InChI is InChI=1S/C20H13FN2O3S/c21-13-3-1-4-14(11-13)23-17(12-6-8-22-9-7-12)16(19(25)20(23)26)18(24)15-5-2-10-27-15/h1-11,17,25H. The van der Waals surface area contributed by atoms with Crippen LogP contribution in [0.1, 0.15) is 21.3 Å². The topological polar surface area (TPSA) is 70.5 Å². The number of Topliss-reactive ketones (excluding diaryl/α,β-unsaturated/α-hetero) is 1. The molecule has 3 heterocycles. The van der Waals surface area contributed by atoms with E-state index in [1.54, 1.807) is 35.7 Å². The fourth-order valence-corrected chi connectivity index (χ4v) is 3.81. The van der Waals surface area contributed by atoms with E-state index in [0.717, 1.165) is 0 Å². The van der Waals surface area contributed by atoms with Gasteiger partial charge in [0.1, 0.15) is 5.82 Å². The number of halogens is 1. The van der Waals surface area contributed by atoms with Crippen LogP contribution < -0.4 is 4.90 Å². The molecule has 0 saturated carbocycles. The predicted molar refractivity (Wildman–Crippen MR) is 99.2 cm³/mol. The molecular formula is C20H13FN2O3S. The molecule has 1 N–H and O–H groups in total. The van der Waals surface area contributed by atoms with Gasteiger partial charge < -0.3 is 5.11 Å². The van der Waals surface area contributed by atoms with Crippen LogP contribution in [-0.2, 0) is 4.79 Å². The van der Waals surface area contributed by atoms with Crippen LogP contribution in [0.15, 0.2) is 77.6 Å². The van der Waals surface area contributed by atoms with Gasteiger partial charge in [0.2, 0.25) is 5.78 Å². The molecule has 27 heavy (non-hydrogen) atoms. The van der Waals surface area contributed by atoms with E-state index in [2.05, 4.69) is 4.98 Å². The number of thiophene rings is 1. The van der Waals surface area contributed by atoms with E-state index in [4.69, 9.17) is 0 Å². The maximum Gasteiger partial charge on any atom is 0.294 e. The number of amides is 1. The molecule has 0 bridgehead atoms. The number of aromatic nitrogens is 1. The van der Waals surface area contributed by atoms with Crippen LogP contribution in [0.3, 0.4) is 0 Å². The van der Waals surface area contributed by atoms with E-state index >= 15 is 0 Å². The molecule has 5 nitrogen and oxygen atoms in total. The van der Waals surface area contributed by atoms with Crippen LogP contribution in [0.25, 0.3) is 0 Å². The average Bonchev–Trinajstić information content (AvgIpc) is 3.30. The highest BCUT2D eigenvalue weighted by Gasteiger charge is 2.44. The van der Waals surface area contributed by atoms with E-state index in [1.165, 1.54) is 46.8 Å².